The molecular weight excluding hydrogens is 232 g/mol. The van der Waals surface area contributed by atoms with Gasteiger partial charge in [-0.3, -0.25) is 9.69 Å². The van der Waals surface area contributed by atoms with E-state index >= 15 is 0 Å². The van der Waals surface area contributed by atoms with E-state index in [2.05, 4.69) is 5.32 Å². The predicted molar refractivity (Wildman–Crippen MR) is 68.7 cm³/mol. The summed E-state index contributed by atoms with van der Waals surface area (Å²) in [7, 11) is 0. The topological polar surface area (TPSA) is 69.6 Å². The molecule has 96 valence electrons. The molecule has 2 rings (SSSR count). The molecule has 5 heteroatoms. The Morgan fingerprint density at radius 1 is 1.50 bits per heavy atom. The highest BCUT2D eigenvalue weighted by Crippen LogP contribution is 2.33. The number of anilines is 2. The summed E-state index contributed by atoms with van der Waals surface area (Å²) in [6.45, 7) is 3.50. The Hall–Kier alpha value is -2.04. The van der Waals surface area contributed by atoms with E-state index < -0.39 is 18.1 Å². The fraction of sp³-hybridized carbons (Fsp3) is 0.385. The summed E-state index contributed by atoms with van der Waals surface area (Å²) in [5.41, 5.74) is 1.43. The van der Waals surface area contributed by atoms with Gasteiger partial charge in [-0.1, -0.05) is 19.1 Å². The Balaban J connectivity index is 2.50. The van der Waals surface area contributed by atoms with Crippen molar-refractivity contribution in [1.29, 1.82) is 0 Å². The molecule has 0 aliphatic carbocycles. The number of hydrogen-bond donors (Lipinski definition) is 2. The summed E-state index contributed by atoms with van der Waals surface area (Å²) in [4.78, 5) is 24.9. The molecule has 1 aliphatic rings. The second-order valence-corrected chi connectivity index (χ2v) is 4.35. The highest BCUT2D eigenvalue weighted by atomic mass is 16.4. The number of carboxylic acid groups (broad SMARTS) is 1. The first-order valence-corrected chi connectivity index (χ1v) is 5.97. The molecule has 18 heavy (non-hydrogen) atoms. The monoisotopic (exact) mass is 248 g/mol. The lowest BCUT2D eigenvalue weighted by Gasteiger charge is -2.37. The summed E-state index contributed by atoms with van der Waals surface area (Å²) >= 11 is 0. The van der Waals surface area contributed by atoms with E-state index in [9.17, 15) is 14.7 Å². The number of carbonyl (C=O) groups excluding carboxylic acids is 1. The van der Waals surface area contributed by atoms with E-state index in [1.54, 1.807) is 26.0 Å². The van der Waals surface area contributed by atoms with Crippen LogP contribution in [0.5, 0.6) is 0 Å². The van der Waals surface area contributed by atoms with E-state index in [1.807, 2.05) is 12.1 Å². The molecule has 2 N–H and O–H groups in total. The summed E-state index contributed by atoms with van der Waals surface area (Å²) in [6, 6.07) is 6.04. The number of hydrogen-bond acceptors (Lipinski definition) is 3. The number of nitrogens with one attached hydrogen (secondary N) is 1. The second kappa shape index (κ2) is 4.68. The number of carboxylic acids is 1. The Labute approximate surface area is 105 Å². The number of benzene rings is 1. The molecule has 0 aromatic heterocycles. The maximum Gasteiger partial charge on any atom is 0.326 e. The summed E-state index contributed by atoms with van der Waals surface area (Å²) in [5, 5.41) is 12.3. The fourth-order valence-electron chi connectivity index (χ4n) is 2.22. The number of amides is 1. The minimum atomic E-state index is -0.977. The molecule has 0 saturated carbocycles. The van der Waals surface area contributed by atoms with Gasteiger partial charge in [-0.05, 0) is 25.5 Å². The third-order valence-corrected chi connectivity index (χ3v) is 3.13. The van der Waals surface area contributed by atoms with Crippen LogP contribution in [0.4, 0.5) is 11.4 Å². The first-order valence-electron chi connectivity index (χ1n) is 5.97. The lowest BCUT2D eigenvalue weighted by atomic mass is 10.1. The highest BCUT2D eigenvalue weighted by molar-refractivity contribution is 6.08. The van der Waals surface area contributed by atoms with Gasteiger partial charge in [0.1, 0.15) is 12.1 Å². The normalized spacial score (nSPS) is 20.0. The molecular formula is C13H16N2O3. The van der Waals surface area contributed by atoms with Crippen LogP contribution in [0.1, 0.15) is 20.3 Å². The van der Waals surface area contributed by atoms with Crippen LogP contribution in [0.25, 0.3) is 0 Å². The number of aliphatic carboxylic acids is 1. The zero-order chi connectivity index (χ0) is 13.3. The largest absolute Gasteiger partial charge is 0.480 e. The van der Waals surface area contributed by atoms with E-state index in [0.717, 1.165) is 5.69 Å². The lowest BCUT2D eigenvalue weighted by molar-refractivity contribution is -0.140. The molecule has 0 radical (unpaired) electrons. The van der Waals surface area contributed by atoms with E-state index in [4.69, 9.17) is 0 Å². The van der Waals surface area contributed by atoms with Crippen LogP contribution >= 0.6 is 0 Å². The van der Waals surface area contributed by atoms with Crippen molar-refractivity contribution in [3.8, 4) is 0 Å². The van der Waals surface area contributed by atoms with Gasteiger partial charge in [0.05, 0.1) is 11.4 Å². The fourth-order valence-corrected chi connectivity index (χ4v) is 2.22. The third kappa shape index (κ3) is 1.92. The maximum absolute atomic E-state index is 12.2. The molecule has 2 unspecified atom stereocenters. The molecule has 1 aliphatic heterocycles. The van der Waals surface area contributed by atoms with Crippen molar-refractivity contribution in [2.45, 2.75) is 32.4 Å². The van der Waals surface area contributed by atoms with E-state index in [-0.39, 0.29) is 5.91 Å². The Morgan fingerprint density at radius 2 is 2.17 bits per heavy atom. The van der Waals surface area contributed by atoms with Crippen LogP contribution in [0, 0.1) is 0 Å². The average Bonchev–Trinajstić information content (AvgIpc) is 2.34. The van der Waals surface area contributed by atoms with Crippen LogP contribution in [-0.2, 0) is 9.59 Å². The molecule has 0 bridgehead atoms. The highest BCUT2D eigenvalue weighted by Gasteiger charge is 2.36. The van der Waals surface area contributed by atoms with Crippen LogP contribution in [0.2, 0.25) is 0 Å². The van der Waals surface area contributed by atoms with E-state index in [0.29, 0.717) is 12.1 Å². The number of nitrogens with zero attached hydrogens (tertiary/aromatic N) is 1. The Bertz CT molecular complexity index is 487. The Kier molecular flexibility index (Phi) is 3.23. The van der Waals surface area contributed by atoms with Crippen LogP contribution in [0.15, 0.2) is 24.3 Å². The van der Waals surface area contributed by atoms with Crippen LogP contribution < -0.4 is 10.2 Å². The van der Waals surface area contributed by atoms with Gasteiger partial charge in [-0.15, -0.1) is 0 Å². The molecule has 1 aromatic carbocycles. The zero-order valence-electron chi connectivity index (χ0n) is 10.4. The van der Waals surface area contributed by atoms with Gasteiger partial charge in [0.25, 0.3) is 0 Å². The first kappa shape index (κ1) is 12.4. The molecule has 0 saturated heterocycles. The van der Waals surface area contributed by atoms with Crippen molar-refractivity contribution in [2.24, 2.45) is 0 Å². The van der Waals surface area contributed by atoms with Gasteiger partial charge in [0, 0.05) is 0 Å². The zero-order valence-corrected chi connectivity index (χ0v) is 10.4. The predicted octanol–water partition coefficient (Wildman–Crippen LogP) is 1.70. The van der Waals surface area contributed by atoms with Gasteiger partial charge in [0.15, 0.2) is 0 Å². The molecule has 0 spiro atoms. The molecule has 0 fully saturated rings. The van der Waals surface area contributed by atoms with Crippen LogP contribution in [0.3, 0.4) is 0 Å². The molecule has 1 amide bonds. The van der Waals surface area contributed by atoms with Gasteiger partial charge >= 0.3 is 5.97 Å². The summed E-state index contributed by atoms with van der Waals surface area (Å²) in [5.74, 6) is -1.18. The van der Waals surface area contributed by atoms with Crippen LogP contribution in [-0.4, -0.2) is 29.1 Å². The Morgan fingerprint density at radius 3 is 2.78 bits per heavy atom. The van der Waals surface area contributed by atoms with Crippen molar-refractivity contribution in [3.05, 3.63) is 24.3 Å². The van der Waals surface area contributed by atoms with Crippen molar-refractivity contribution >= 4 is 23.3 Å². The minimum Gasteiger partial charge on any atom is -0.480 e. The minimum absolute atomic E-state index is 0.206. The lowest BCUT2D eigenvalue weighted by Crippen LogP contribution is -2.53. The van der Waals surface area contributed by atoms with Crippen molar-refractivity contribution in [1.82, 2.24) is 0 Å². The summed E-state index contributed by atoms with van der Waals surface area (Å²) < 4.78 is 0. The van der Waals surface area contributed by atoms with Crippen molar-refractivity contribution in [2.75, 3.05) is 10.2 Å². The number of carbonyl (C=O) groups is 2. The smallest absolute Gasteiger partial charge is 0.326 e. The SMILES string of the molecule is CCC(C(=O)O)N1C(=O)C(C)Nc2ccccc21. The molecule has 1 aromatic rings. The van der Waals surface area contributed by atoms with Gasteiger partial charge < -0.3 is 10.4 Å². The molecule has 1 heterocycles. The number of para-hydroxylation sites is 2. The van der Waals surface area contributed by atoms with Gasteiger partial charge in [-0.2, -0.15) is 0 Å². The maximum atomic E-state index is 12.2. The standard InChI is InChI=1S/C13H16N2O3/c1-3-10(13(17)18)15-11-7-5-4-6-9(11)14-8(2)12(15)16/h4-8,10,14H,3H2,1-2H3,(H,17,18). The third-order valence-electron chi connectivity index (χ3n) is 3.13. The van der Waals surface area contributed by atoms with E-state index in [1.165, 1.54) is 4.90 Å². The number of fused-ring (bicyclic) bond motifs is 1. The molecule has 5 nitrogen and oxygen atoms in total. The van der Waals surface area contributed by atoms with Crippen molar-refractivity contribution in [3.63, 3.8) is 0 Å². The summed E-state index contributed by atoms with van der Waals surface area (Å²) in [6.07, 6.45) is 0.377. The van der Waals surface area contributed by atoms with Crippen molar-refractivity contribution < 1.29 is 14.7 Å². The van der Waals surface area contributed by atoms with Gasteiger partial charge in [0.2, 0.25) is 5.91 Å². The second-order valence-electron chi connectivity index (χ2n) is 4.35. The molecule has 2 atom stereocenters. The quantitative estimate of drug-likeness (QED) is 0.854. The first-order chi connectivity index (χ1) is 8.56. The van der Waals surface area contributed by atoms with Gasteiger partial charge in [-0.25, -0.2) is 4.79 Å². The average molecular weight is 248 g/mol. The number of rotatable bonds is 3.